The second kappa shape index (κ2) is 7.81. The van der Waals surface area contributed by atoms with Crippen molar-refractivity contribution < 1.29 is 9.47 Å². The first-order valence-corrected chi connectivity index (χ1v) is 8.95. The van der Waals surface area contributed by atoms with Crippen LogP contribution >= 0.6 is 44.3 Å². The number of ether oxygens (including phenoxy) is 2. The van der Waals surface area contributed by atoms with Gasteiger partial charge in [0.15, 0.2) is 5.79 Å². The second-order valence-corrected chi connectivity index (χ2v) is 7.50. The van der Waals surface area contributed by atoms with Crippen molar-refractivity contribution in [2.45, 2.75) is 50.7 Å². The Bertz CT molecular complexity index is 525. The smallest absolute Gasteiger partial charge is 0.170 e. The molecule has 4 nitrogen and oxygen atoms in total. The van der Waals surface area contributed by atoms with Gasteiger partial charge in [-0.2, -0.15) is 0 Å². The second-order valence-electron chi connectivity index (χ2n) is 5.73. The predicted octanol–water partition coefficient (Wildman–Crippen LogP) is 4.34. The molecule has 3 rings (SSSR count). The highest BCUT2D eigenvalue weighted by atomic mass is 79.9. The number of rotatable bonds is 3. The maximum atomic E-state index is 6.11. The first-order valence-electron chi connectivity index (χ1n) is 7.37. The van der Waals surface area contributed by atoms with E-state index in [9.17, 15) is 0 Å². The zero-order valence-corrected chi connectivity index (χ0v) is 16.2. The van der Waals surface area contributed by atoms with Crippen molar-refractivity contribution in [2.75, 3.05) is 12.3 Å². The first kappa shape index (κ1) is 18.5. The number of halogens is 3. The van der Waals surface area contributed by atoms with Crippen LogP contribution in [0.4, 0.5) is 5.69 Å². The number of nitrogens with two attached hydrogens (primary N) is 1. The topological polar surface area (TPSA) is 56.5 Å². The van der Waals surface area contributed by atoms with Crippen LogP contribution in [0.1, 0.15) is 37.7 Å². The maximum Gasteiger partial charge on any atom is 0.170 e. The van der Waals surface area contributed by atoms with E-state index in [2.05, 4.69) is 37.2 Å². The Morgan fingerprint density at radius 3 is 2.68 bits per heavy atom. The summed E-state index contributed by atoms with van der Waals surface area (Å²) in [7, 11) is 0. The summed E-state index contributed by atoms with van der Waals surface area (Å²) in [5.41, 5.74) is 7.90. The fourth-order valence-electron chi connectivity index (χ4n) is 3.02. The molecule has 1 aliphatic heterocycles. The summed E-state index contributed by atoms with van der Waals surface area (Å²) in [6.07, 6.45) is 5.64. The van der Waals surface area contributed by atoms with Gasteiger partial charge in [-0.15, -0.1) is 12.4 Å². The molecular weight excluding hydrogens is 435 g/mol. The number of hydrogen-bond donors (Lipinski definition) is 2. The molecule has 22 heavy (non-hydrogen) atoms. The Morgan fingerprint density at radius 1 is 1.23 bits per heavy atom. The van der Waals surface area contributed by atoms with Crippen LogP contribution in [0.5, 0.6) is 0 Å². The molecule has 1 aromatic carbocycles. The maximum absolute atomic E-state index is 6.11. The molecule has 0 bridgehead atoms. The van der Waals surface area contributed by atoms with Gasteiger partial charge in [0, 0.05) is 28.3 Å². The van der Waals surface area contributed by atoms with Crippen LogP contribution in [0.3, 0.4) is 0 Å². The molecule has 2 aliphatic rings. The molecule has 1 saturated heterocycles. The number of benzene rings is 1. The van der Waals surface area contributed by atoms with Gasteiger partial charge in [0.25, 0.3) is 0 Å². The molecule has 0 radical (unpaired) electrons. The van der Waals surface area contributed by atoms with E-state index >= 15 is 0 Å². The summed E-state index contributed by atoms with van der Waals surface area (Å²) in [5.74, 6) is -0.334. The Hall–Kier alpha value is 0.150. The quantitative estimate of drug-likeness (QED) is 0.665. The molecule has 1 unspecified atom stereocenters. The fraction of sp³-hybridized carbons (Fsp3) is 0.600. The third kappa shape index (κ3) is 4.16. The summed E-state index contributed by atoms with van der Waals surface area (Å²) in [4.78, 5) is 0. The Balaban J connectivity index is 0.00000176. The van der Waals surface area contributed by atoms with Crippen molar-refractivity contribution in [1.82, 2.24) is 5.32 Å². The lowest BCUT2D eigenvalue weighted by molar-refractivity contribution is -0.189. The minimum atomic E-state index is -0.334. The van der Waals surface area contributed by atoms with Gasteiger partial charge < -0.3 is 15.2 Å². The van der Waals surface area contributed by atoms with Crippen molar-refractivity contribution in [2.24, 2.45) is 0 Å². The van der Waals surface area contributed by atoms with E-state index in [1.165, 1.54) is 19.3 Å². The van der Waals surface area contributed by atoms with Gasteiger partial charge in [-0.05, 0) is 46.5 Å². The van der Waals surface area contributed by atoms with E-state index in [-0.39, 0.29) is 24.4 Å². The van der Waals surface area contributed by atoms with Crippen molar-refractivity contribution in [3.8, 4) is 0 Å². The monoisotopic (exact) mass is 454 g/mol. The van der Waals surface area contributed by atoms with Gasteiger partial charge in [0.2, 0.25) is 0 Å². The van der Waals surface area contributed by atoms with E-state index in [0.29, 0.717) is 13.2 Å². The predicted molar refractivity (Wildman–Crippen MR) is 97.0 cm³/mol. The summed E-state index contributed by atoms with van der Waals surface area (Å²) in [6.45, 7) is 1.27. The highest BCUT2D eigenvalue weighted by Crippen LogP contribution is 2.37. The molecule has 1 aliphatic carbocycles. The van der Waals surface area contributed by atoms with Gasteiger partial charge in [-0.1, -0.05) is 22.4 Å². The SMILES string of the molecule is Cl.Nc1c(Br)cc(Br)cc1CNC1COC2(CCCCC2)O1. The molecule has 1 heterocycles. The molecule has 0 amide bonds. The molecule has 1 atom stereocenters. The van der Waals surface area contributed by atoms with Gasteiger partial charge in [0.05, 0.1) is 12.3 Å². The standard InChI is InChI=1S/C15H20Br2N2O2.ClH/c16-11-6-10(14(18)12(17)7-11)8-19-13-9-20-15(21-13)4-2-1-3-5-15;/h6-7,13,19H,1-5,8-9,18H2;1H. The highest BCUT2D eigenvalue weighted by molar-refractivity contribution is 9.11. The number of anilines is 1. The van der Waals surface area contributed by atoms with E-state index in [4.69, 9.17) is 15.2 Å². The van der Waals surface area contributed by atoms with Gasteiger partial charge in [0.1, 0.15) is 6.23 Å². The molecule has 0 aromatic heterocycles. The average molecular weight is 457 g/mol. The summed E-state index contributed by atoms with van der Waals surface area (Å²) in [5, 5.41) is 3.40. The van der Waals surface area contributed by atoms with Crippen LogP contribution in [0, 0.1) is 0 Å². The van der Waals surface area contributed by atoms with Crippen molar-refractivity contribution in [1.29, 1.82) is 0 Å². The molecule has 124 valence electrons. The molecule has 1 saturated carbocycles. The lowest BCUT2D eigenvalue weighted by atomic mass is 9.94. The van der Waals surface area contributed by atoms with E-state index in [0.717, 1.165) is 33.0 Å². The van der Waals surface area contributed by atoms with Gasteiger partial charge >= 0.3 is 0 Å². The van der Waals surface area contributed by atoms with Crippen LogP contribution in [-0.4, -0.2) is 18.6 Å². The molecule has 2 fully saturated rings. The van der Waals surface area contributed by atoms with Crippen molar-refractivity contribution in [3.05, 3.63) is 26.6 Å². The number of hydrogen-bond acceptors (Lipinski definition) is 4. The molecular formula is C15H21Br2ClN2O2. The lowest BCUT2D eigenvalue weighted by Crippen LogP contribution is -2.37. The van der Waals surface area contributed by atoms with Crippen LogP contribution in [0.2, 0.25) is 0 Å². The first-order chi connectivity index (χ1) is 10.1. The van der Waals surface area contributed by atoms with E-state index in [1.807, 2.05) is 12.1 Å². The summed E-state index contributed by atoms with van der Waals surface area (Å²) in [6, 6.07) is 3.98. The Labute approximate surface area is 154 Å². The largest absolute Gasteiger partial charge is 0.398 e. The zero-order chi connectivity index (χ0) is 14.9. The fourth-order valence-corrected chi connectivity index (χ4v) is 4.33. The van der Waals surface area contributed by atoms with Crippen LogP contribution in [-0.2, 0) is 16.0 Å². The molecule has 3 N–H and O–H groups in total. The van der Waals surface area contributed by atoms with E-state index in [1.54, 1.807) is 0 Å². The number of nitrogens with one attached hydrogen (secondary N) is 1. The third-order valence-corrected chi connectivity index (χ3v) is 5.28. The number of nitrogen functional groups attached to an aromatic ring is 1. The van der Waals surface area contributed by atoms with Crippen molar-refractivity contribution in [3.63, 3.8) is 0 Å². The van der Waals surface area contributed by atoms with Gasteiger partial charge in [-0.3, -0.25) is 5.32 Å². The van der Waals surface area contributed by atoms with Crippen molar-refractivity contribution >= 4 is 50.0 Å². The highest BCUT2D eigenvalue weighted by Gasteiger charge is 2.42. The van der Waals surface area contributed by atoms with Crippen LogP contribution in [0.25, 0.3) is 0 Å². The Kier molecular flexibility index (Phi) is 6.57. The minimum absolute atomic E-state index is 0. The Morgan fingerprint density at radius 2 is 1.95 bits per heavy atom. The van der Waals surface area contributed by atoms with Gasteiger partial charge in [-0.25, -0.2) is 0 Å². The molecule has 1 spiro atoms. The van der Waals surface area contributed by atoms with E-state index < -0.39 is 0 Å². The average Bonchev–Trinajstić information content (AvgIpc) is 2.85. The summed E-state index contributed by atoms with van der Waals surface area (Å²) >= 11 is 6.96. The third-order valence-electron chi connectivity index (χ3n) is 4.17. The zero-order valence-electron chi connectivity index (χ0n) is 12.2. The lowest BCUT2D eigenvalue weighted by Gasteiger charge is -2.31. The van der Waals surface area contributed by atoms with Crippen LogP contribution in [0.15, 0.2) is 21.1 Å². The van der Waals surface area contributed by atoms with Crippen LogP contribution < -0.4 is 11.1 Å². The molecule has 1 aromatic rings. The summed E-state index contributed by atoms with van der Waals surface area (Å²) < 4.78 is 14.0. The normalized spacial score (nSPS) is 23.5. The minimum Gasteiger partial charge on any atom is -0.398 e. The molecule has 7 heteroatoms.